The highest BCUT2D eigenvalue weighted by Gasteiger charge is 2.52. The molecule has 10 nitrogen and oxygen atoms in total. The van der Waals surface area contributed by atoms with E-state index in [2.05, 4.69) is 25.5 Å². The zero-order valence-corrected chi connectivity index (χ0v) is 17.4. The van der Waals surface area contributed by atoms with Crippen LogP contribution in [0.4, 0.5) is 5.82 Å². The second kappa shape index (κ2) is 6.71. The molecule has 5 N–H and O–H groups in total. The van der Waals surface area contributed by atoms with Crippen LogP contribution in [0.25, 0.3) is 16.9 Å². The van der Waals surface area contributed by atoms with Crippen molar-refractivity contribution in [1.29, 1.82) is 0 Å². The maximum Gasteiger partial charge on any atom is 0.181 e. The van der Waals surface area contributed by atoms with Gasteiger partial charge in [0.05, 0.1) is 29.3 Å². The third-order valence-electron chi connectivity index (χ3n) is 6.72. The lowest BCUT2D eigenvalue weighted by Gasteiger charge is -2.43. The lowest BCUT2D eigenvalue weighted by atomic mass is 9.65. The van der Waals surface area contributed by atoms with Crippen LogP contribution >= 0.6 is 11.6 Å². The van der Waals surface area contributed by atoms with Gasteiger partial charge in [0.2, 0.25) is 0 Å². The van der Waals surface area contributed by atoms with Crippen LogP contribution in [0.2, 0.25) is 5.02 Å². The van der Waals surface area contributed by atoms with Gasteiger partial charge >= 0.3 is 0 Å². The summed E-state index contributed by atoms with van der Waals surface area (Å²) < 4.78 is 3.69. The molecule has 3 atom stereocenters. The highest BCUT2D eigenvalue weighted by Crippen LogP contribution is 2.53. The number of fused-ring (bicyclic) bond motifs is 2. The Labute approximate surface area is 182 Å². The number of aromatic nitrogens is 7. The zero-order chi connectivity index (χ0) is 21.2. The molecule has 31 heavy (non-hydrogen) atoms. The highest BCUT2D eigenvalue weighted by atomic mass is 35.5. The SMILES string of the molecule is Nc1nccc(-n2ncc3ncc(C4CNCCC45Cn4nccc4C5N)nc32)c1Cl. The molecule has 1 spiro atoms. The third kappa shape index (κ3) is 2.62. The van der Waals surface area contributed by atoms with Crippen molar-refractivity contribution < 1.29 is 0 Å². The van der Waals surface area contributed by atoms with Crippen molar-refractivity contribution in [3.8, 4) is 5.69 Å². The Morgan fingerprint density at radius 3 is 2.94 bits per heavy atom. The summed E-state index contributed by atoms with van der Waals surface area (Å²) in [4.78, 5) is 13.7. The molecule has 4 aromatic rings. The number of hydrogen-bond acceptors (Lipinski definition) is 8. The first-order chi connectivity index (χ1) is 15.1. The fourth-order valence-corrected chi connectivity index (χ4v) is 5.28. The van der Waals surface area contributed by atoms with Gasteiger partial charge in [0.25, 0.3) is 0 Å². The summed E-state index contributed by atoms with van der Waals surface area (Å²) in [5.41, 5.74) is 16.4. The fraction of sp³-hybridized carbons (Fsp3) is 0.350. The quantitative estimate of drug-likeness (QED) is 0.428. The van der Waals surface area contributed by atoms with Crippen molar-refractivity contribution >= 4 is 28.6 Å². The van der Waals surface area contributed by atoms with E-state index in [4.69, 9.17) is 28.1 Å². The highest BCUT2D eigenvalue weighted by molar-refractivity contribution is 6.34. The van der Waals surface area contributed by atoms with Crippen LogP contribution in [0, 0.1) is 5.41 Å². The molecule has 1 fully saturated rings. The smallest absolute Gasteiger partial charge is 0.181 e. The molecule has 158 valence electrons. The molecule has 11 heteroatoms. The van der Waals surface area contributed by atoms with Crippen LogP contribution in [0.1, 0.15) is 29.8 Å². The normalized spacial score (nSPS) is 25.4. The molecule has 2 aliphatic heterocycles. The van der Waals surface area contributed by atoms with Crippen molar-refractivity contribution in [3.05, 3.63) is 53.3 Å². The molecule has 1 saturated heterocycles. The van der Waals surface area contributed by atoms with Crippen molar-refractivity contribution in [2.75, 3.05) is 18.8 Å². The standard InChI is InChI=1S/C20H21ClN10/c21-16-14(1-4-25-18(16)23)31-19-13(9-28-31)26-8-12(29-19)11-7-24-6-3-20(11)10-30-15(17(20)22)2-5-27-30/h1-2,4-5,8-9,11,17,24H,3,6-7,10,22H2,(H2,23,25). The first-order valence-electron chi connectivity index (χ1n) is 10.2. The van der Waals surface area contributed by atoms with Gasteiger partial charge in [-0.15, -0.1) is 0 Å². The number of hydrogen-bond donors (Lipinski definition) is 3. The monoisotopic (exact) mass is 436 g/mol. The van der Waals surface area contributed by atoms with Crippen LogP contribution < -0.4 is 16.8 Å². The molecule has 0 aliphatic carbocycles. The van der Waals surface area contributed by atoms with Gasteiger partial charge in [-0.1, -0.05) is 11.6 Å². The number of nitrogens with two attached hydrogens (primary N) is 2. The number of piperidine rings is 1. The van der Waals surface area contributed by atoms with E-state index < -0.39 is 0 Å². The maximum absolute atomic E-state index is 6.79. The van der Waals surface area contributed by atoms with E-state index in [1.165, 1.54) is 0 Å². The number of halogens is 1. The molecule has 2 aliphatic rings. The van der Waals surface area contributed by atoms with E-state index in [1.54, 1.807) is 23.1 Å². The minimum atomic E-state index is -0.166. The van der Waals surface area contributed by atoms with Gasteiger partial charge < -0.3 is 16.8 Å². The van der Waals surface area contributed by atoms with Crippen molar-refractivity contribution in [2.24, 2.45) is 11.1 Å². The number of nitrogen functional groups attached to an aromatic ring is 1. The van der Waals surface area contributed by atoms with Crippen LogP contribution in [0.3, 0.4) is 0 Å². The third-order valence-corrected chi connectivity index (χ3v) is 7.11. The summed E-state index contributed by atoms with van der Waals surface area (Å²) in [6.45, 7) is 2.46. The van der Waals surface area contributed by atoms with Crippen LogP contribution in [0.5, 0.6) is 0 Å². The summed E-state index contributed by atoms with van der Waals surface area (Å²) in [6.07, 6.45) is 7.86. The molecule has 0 bridgehead atoms. The molecule has 6 heterocycles. The summed E-state index contributed by atoms with van der Waals surface area (Å²) in [6, 6.07) is 3.66. The van der Waals surface area contributed by atoms with E-state index in [9.17, 15) is 0 Å². The number of anilines is 1. The Morgan fingerprint density at radius 2 is 2.06 bits per heavy atom. The van der Waals surface area contributed by atoms with Gasteiger partial charge in [0.15, 0.2) is 5.65 Å². The molecule has 0 saturated carbocycles. The van der Waals surface area contributed by atoms with Gasteiger partial charge in [-0.3, -0.25) is 4.68 Å². The first kappa shape index (κ1) is 18.7. The maximum atomic E-state index is 6.79. The summed E-state index contributed by atoms with van der Waals surface area (Å²) in [7, 11) is 0. The van der Waals surface area contributed by atoms with E-state index in [0.717, 1.165) is 37.4 Å². The Morgan fingerprint density at radius 1 is 1.16 bits per heavy atom. The Bertz CT molecular complexity index is 1300. The second-order valence-electron chi connectivity index (χ2n) is 8.22. The average Bonchev–Trinajstić information content (AvgIpc) is 3.47. The number of nitrogens with zero attached hydrogens (tertiary/aromatic N) is 7. The molecule has 6 rings (SSSR count). The largest absolute Gasteiger partial charge is 0.382 e. The molecule has 0 amide bonds. The van der Waals surface area contributed by atoms with Gasteiger partial charge in [0.1, 0.15) is 16.4 Å². The molecular weight excluding hydrogens is 416 g/mol. The number of rotatable bonds is 2. The van der Waals surface area contributed by atoms with Crippen molar-refractivity contribution in [3.63, 3.8) is 0 Å². The zero-order valence-electron chi connectivity index (χ0n) is 16.6. The Kier molecular flexibility index (Phi) is 4.04. The summed E-state index contributed by atoms with van der Waals surface area (Å²) in [5, 5.41) is 12.8. The molecule has 0 radical (unpaired) electrons. The van der Waals surface area contributed by atoms with E-state index in [-0.39, 0.29) is 23.2 Å². The topological polar surface area (TPSA) is 138 Å². The number of pyridine rings is 1. The van der Waals surface area contributed by atoms with Crippen molar-refractivity contribution in [1.82, 2.24) is 39.8 Å². The van der Waals surface area contributed by atoms with Gasteiger partial charge in [-0.2, -0.15) is 10.2 Å². The predicted octanol–water partition coefficient (Wildman–Crippen LogP) is 1.42. The van der Waals surface area contributed by atoms with E-state index in [1.807, 2.05) is 23.1 Å². The lowest BCUT2D eigenvalue weighted by Crippen LogP contribution is -2.48. The molecule has 4 aromatic heterocycles. The summed E-state index contributed by atoms with van der Waals surface area (Å²) in [5.74, 6) is 0.324. The minimum absolute atomic E-state index is 0.0798. The van der Waals surface area contributed by atoms with Gasteiger partial charge in [-0.25, -0.2) is 19.6 Å². The minimum Gasteiger partial charge on any atom is -0.382 e. The summed E-state index contributed by atoms with van der Waals surface area (Å²) >= 11 is 6.40. The predicted molar refractivity (Wildman–Crippen MR) is 116 cm³/mol. The van der Waals surface area contributed by atoms with E-state index in [0.29, 0.717) is 21.9 Å². The van der Waals surface area contributed by atoms with Crippen molar-refractivity contribution in [2.45, 2.75) is 24.9 Å². The van der Waals surface area contributed by atoms with Gasteiger partial charge in [0, 0.05) is 43.0 Å². The molecule has 0 aromatic carbocycles. The Balaban J connectivity index is 1.47. The molecule has 3 unspecified atom stereocenters. The lowest BCUT2D eigenvalue weighted by molar-refractivity contribution is 0.121. The average molecular weight is 437 g/mol. The Hall–Kier alpha value is -3.08. The second-order valence-corrected chi connectivity index (χ2v) is 8.60. The van der Waals surface area contributed by atoms with Crippen LogP contribution in [-0.4, -0.2) is 47.6 Å². The fourth-order valence-electron chi connectivity index (χ4n) is 5.09. The first-order valence-corrected chi connectivity index (χ1v) is 10.6. The van der Waals surface area contributed by atoms with E-state index >= 15 is 0 Å². The van der Waals surface area contributed by atoms with Crippen LogP contribution in [0.15, 0.2) is 36.9 Å². The number of nitrogens with one attached hydrogen (secondary N) is 1. The van der Waals surface area contributed by atoms with Crippen LogP contribution in [-0.2, 0) is 6.54 Å². The molecular formula is C20H21ClN10. The van der Waals surface area contributed by atoms with Gasteiger partial charge in [-0.05, 0) is 25.1 Å².